The number of aromatic nitrogens is 3. The smallest absolute Gasteiger partial charge is 0.244 e. The van der Waals surface area contributed by atoms with Crippen molar-refractivity contribution in [2.45, 2.75) is 25.5 Å². The van der Waals surface area contributed by atoms with Gasteiger partial charge in [0.1, 0.15) is 18.7 Å². The van der Waals surface area contributed by atoms with Crippen molar-refractivity contribution < 1.29 is 9.90 Å². The number of benzene rings is 1. The third-order valence-electron chi connectivity index (χ3n) is 3.26. The molecule has 0 saturated heterocycles. The van der Waals surface area contributed by atoms with Gasteiger partial charge in [-0.2, -0.15) is 5.10 Å². The van der Waals surface area contributed by atoms with Crippen molar-refractivity contribution in [3.8, 4) is 0 Å². The summed E-state index contributed by atoms with van der Waals surface area (Å²) in [7, 11) is 0. The van der Waals surface area contributed by atoms with Crippen LogP contribution in [-0.2, 0) is 4.79 Å². The number of carbonyl (C=O) groups is 1. The second-order valence-electron chi connectivity index (χ2n) is 4.82. The molecule has 0 aliphatic rings. The van der Waals surface area contributed by atoms with Crippen molar-refractivity contribution in [1.29, 1.82) is 0 Å². The highest BCUT2D eigenvalue weighted by atomic mass is 35.5. The molecular formula is C14H16Cl2N4O2. The van der Waals surface area contributed by atoms with Gasteiger partial charge in [-0.15, -0.1) is 0 Å². The van der Waals surface area contributed by atoms with Gasteiger partial charge in [-0.1, -0.05) is 29.3 Å². The molecule has 1 heterocycles. The molecule has 0 aliphatic carbocycles. The van der Waals surface area contributed by atoms with Crippen LogP contribution in [0.2, 0.25) is 10.0 Å². The highest BCUT2D eigenvalue weighted by Crippen LogP contribution is 2.26. The molecule has 8 heteroatoms. The fraction of sp³-hybridized carbons (Fsp3) is 0.357. The summed E-state index contributed by atoms with van der Waals surface area (Å²) < 4.78 is 1.46. The Morgan fingerprint density at radius 3 is 2.82 bits per heavy atom. The van der Waals surface area contributed by atoms with Crippen LogP contribution in [-0.4, -0.2) is 32.3 Å². The first-order valence-corrected chi connectivity index (χ1v) is 7.49. The second-order valence-corrected chi connectivity index (χ2v) is 5.63. The monoisotopic (exact) mass is 342 g/mol. The predicted octanol–water partition coefficient (Wildman–Crippen LogP) is 2.39. The second kappa shape index (κ2) is 7.58. The van der Waals surface area contributed by atoms with E-state index in [-0.39, 0.29) is 5.91 Å². The van der Waals surface area contributed by atoms with Crippen LogP contribution in [0.25, 0.3) is 0 Å². The first kappa shape index (κ1) is 16.7. The molecule has 0 spiro atoms. The average molecular weight is 343 g/mol. The van der Waals surface area contributed by atoms with Gasteiger partial charge >= 0.3 is 0 Å². The molecule has 1 amide bonds. The van der Waals surface area contributed by atoms with Crippen molar-refractivity contribution in [2.75, 3.05) is 6.54 Å². The minimum Gasteiger partial charge on any atom is -0.388 e. The zero-order valence-corrected chi connectivity index (χ0v) is 13.4. The quantitative estimate of drug-likeness (QED) is 0.844. The molecule has 1 aromatic heterocycles. The van der Waals surface area contributed by atoms with Gasteiger partial charge < -0.3 is 10.4 Å². The molecule has 0 saturated carbocycles. The Labute approximate surface area is 138 Å². The van der Waals surface area contributed by atoms with Gasteiger partial charge in [0, 0.05) is 6.54 Å². The topological polar surface area (TPSA) is 80.0 Å². The van der Waals surface area contributed by atoms with Crippen molar-refractivity contribution in [2.24, 2.45) is 0 Å². The van der Waals surface area contributed by atoms with E-state index in [1.165, 1.54) is 17.3 Å². The maximum absolute atomic E-state index is 11.9. The van der Waals surface area contributed by atoms with Gasteiger partial charge in [-0.05, 0) is 31.0 Å². The molecule has 2 aromatic rings. The first-order chi connectivity index (χ1) is 10.5. The van der Waals surface area contributed by atoms with Gasteiger partial charge in [-0.25, -0.2) is 9.67 Å². The van der Waals surface area contributed by atoms with E-state index in [0.29, 0.717) is 28.6 Å². The van der Waals surface area contributed by atoms with Crippen LogP contribution in [0.5, 0.6) is 0 Å². The van der Waals surface area contributed by atoms with Gasteiger partial charge in [0.15, 0.2) is 0 Å². The van der Waals surface area contributed by atoms with E-state index < -0.39 is 12.1 Å². The Balaban J connectivity index is 1.82. The summed E-state index contributed by atoms with van der Waals surface area (Å²) in [5.41, 5.74) is 0.660. The summed E-state index contributed by atoms with van der Waals surface area (Å²) in [4.78, 5) is 15.7. The van der Waals surface area contributed by atoms with E-state index in [9.17, 15) is 9.90 Å². The van der Waals surface area contributed by atoms with Gasteiger partial charge in [0.2, 0.25) is 5.91 Å². The van der Waals surface area contributed by atoms with Crippen molar-refractivity contribution in [1.82, 2.24) is 20.1 Å². The molecule has 2 atom stereocenters. The van der Waals surface area contributed by atoms with Crippen LogP contribution < -0.4 is 5.32 Å². The minimum absolute atomic E-state index is 0.188. The molecule has 2 rings (SSSR count). The van der Waals surface area contributed by atoms with E-state index in [4.69, 9.17) is 23.2 Å². The SMILES string of the molecule is C[C@H](C(=O)NCC[C@@H](O)c1ccc(Cl)c(Cl)c1)n1cncn1. The summed E-state index contributed by atoms with van der Waals surface area (Å²) in [6.07, 6.45) is 2.50. The van der Waals surface area contributed by atoms with E-state index >= 15 is 0 Å². The van der Waals surface area contributed by atoms with Gasteiger partial charge in [0.05, 0.1) is 16.1 Å². The molecule has 0 radical (unpaired) electrons. The number of aliphatic hydroxyl groups excluding tert-OH is 1. The van der Waals surface area contributed by atoms with Gasteiger partial charge in [-0.3, -0.25) is 4.79 Å². The average Bonchev–Trinajstić information content (AvgIpc) is 3.03. The summed E-state index contributed by atoms with van der Waals surface area (Å²) in [6.45, 7) is 2.05. The van der Waals surface area contributed by atoms with Crippen LogP contribution in [0.15, 0.2) is 30.9 Å². The number of hydrogen-bond acceptors (Lipinski definition) is 4. The molecule has 0 fully saturated rings. The number of rotatable bonds is 6. The Morgan fingerprint density at radius 1 is 1.41 bits per heavy atom. The van der Waals surface area contributed by atoms with Crippen LogP contribution in [0, 0.1) is 0 Å². The van der Waals surface area contributed by atoms with E-state index in [1.807, 2.05) is 0 Å². The highest BCUT2D eigenvalue weighted by Gasteiger charge is 2.16. The van der Waals surface area contributed by atoms with Crippen LogP contribution in [0.3, 0.4) is 0 Å². The fourth-order valence-corrected chi connectivity index (χ4v) is 2.21. The Morgan fingerprint density at radius 2 is 2.18 bits per heavy atom. The maximum atomic E-state index is 11.9. The molecule has 0 aliphatic heterocycles. The number of amides is 1. The third kappa shape index (κ3) is 4.19. The molecule has 118 valence electrons. The largest absolute Gasteiger partial charge is 0.388 e. The molecule has 1 aromatic carbocycles. The number of nitrogens with one attached hydrogen (secondary N) is 1. The first-order valence-electron chi connectivity index (χ1n) is 6.74. The number of carbonyl (C=O) groups excluding carboxylic acids is 1. The molecule has 0 unspecified atom stereocenters. The summed E-state index contributed by atoms with van der Waals surface area (Å²) in [6, 6.07) is 4.51. The van der Waals surface area contributed by atoms with E-state index in [0.717, 1.165) is 0 Å². The summed E-state index contributed by atoms with van der Waals surface area (Å²) in [5.74, 6) is -0.188. The predicted molar refractivity (Wildman–Crippen MR) is 83.8 cm³/mol. The number of nitrogens with zero attached hydrogens (tertiary/aromatic N) is 3. The van der Waals surface area contributed by atoms with Crippen molar-refractivity contribution in [3.63, 3.8) is 0 Å². The summed E-state index contributed by atoms with van der Waals surface area (Å²) >= 11 is 11.7. The number of hydrogen-bond donors (Lipinski definition) is 2. The lowest BCUT2D eigenvalue weighted by Gasteiger charge is -2.15. The Kier molecular flexibility index (Phi) is 5.76. The fourth-order valence-electron chi connectivity index (χ4n) is 1.90. The third-order valence-corrected chi connectivity index (χ3v) is 4.00. The molecular weight excluding hydrogens is 327 g/mol. The van der Waals surface area contributed by atoms with Crippen molar-refractivity contribution >= 4 is 29.1 Å². The highest BCUT2D eigenvalue weighted by molar-refractivity contribution is 6.42. The number of halogens is 2. The maximum Gasteiger partial charge on any atom is 0.244 e. The van der Waals surface area contributed by atoms with Gasteiger partial charge in [0.25, 0.3) is 0 Å². The normalized spacial score (nSPS) is 13.6. The molecule has 6 nitrogen and oxygen atoms in total. The van der Waals surface area contributed by atoms with Crippen molar-refractivity contribution in [3.05, 3.63) is 46.5 Å². The molecule has 2 N–H and O–H groups in total. The lowest BCUT2D eigenvalue weighted by Crippen LogP contribution is -2.32. The van der Waals surface area contributed by atoms with Crippen LogP contribution >= 0.6 is 23.2 Å². The standard InChI is InChI=1S/C14H16Cl2N4O2/c1-9(20-8-17-7-19-20)14(22)18-5-4-13(21)10-2-3-11(15)12(16)6-10/h2-3,6-9,13,21H,4-5H2,1H3,(H,18,22)/t9-,13-/m1/s1. The zero-order valence-electron chi connectivity index (χ0n) is 11.9. The van der Waals surface area contributed by atoms with Crippen LogP contribution in [0.1, 0.15) is 31.1 Å². The van der Waals surface area contributed by atoms with Crippen LogP contribution in [0.4, 0.5) is 0 Å². The summed E-state index contributed by atoms with van der Waals surface area (Å²) in [5, 5.41) is 17.6. The minimum atomic E-state index is -0.725. The zero-order chi connectivity index (χ0) is 16.1. The molecule has 22 heavy (non-hydrogen) atoms. The molecule has 0 bridgehead atoms. The van der Waals surface area contributed by atoms with E-state index in [1.54, 1.807) is 25.1 Å². The Bertz CT molecular complexity index is 634. The van der Waals surface area contributed by atoms with E-state index in [2.05, 4.69) is 15.4 Å². The Hall–Kier alpha value is -1.63. The number of aliphatic hydroxyl groups is 1. The lowest BCUT2D eigenvalue weighted by atomic mass is 10.1. The lowest BCUT2D eigenvalue weighted by molar-refractivity contribution is -0.124.